The highest BCUT2D eigenvalue weighted by Crippen LogP contribution is 2.31. The fourth-order valence-corrected chi connectivity index (χ4v) is 4.31. The van der Waals surface area contributed by atoms with Crippen molar-refractivity contribution in [1.82, 2.24) is 5.32 Å². The molecule has 0 aromatic heterocycles. The molecule has 1 amide bonds. The monoisotopic (exact) mass is 547 g/mol. The molecular formula is C20H34FNO15. The summed E-state index contributed by atoms with van der Waals surface area (Å²) in [4.78, 5) is 11.6. The van der Waals surface area contributed by atoms with Gasteiger partial charge in [0.05, 0.1) is 19.8 Å². The zero-order chi connectivity index (χ0) is 27.6. The molecule has 0 spiro atoms. The van der Waals surface area contributed by atoms with E-state index in [0.717, 1.165) is 6.92 Å². The highest BCUT2D eigenvalue weighted by atomic mass is 19.1. The van der Waals surface area contributed by atoms with E-state index in [-0.39, 0.29) is 0 Å². The van der Waals surface area contributed by atoms with Gasteiger partial charge in [-0.1, -0.05) is 0 Å². The minimum Gasteiger partial charge on any atom is -0.394 e. The van der Waals surface area contributed by atoms with Gasteiger partial charge < -0.3 is 75.0 Å². The molecule has 3 aliphatic rings. The summed E-state index contributed by atoms with van der Waals surface area (Å²) < 4.78 is 41.4. The first kappa shape index (κ1) is 30.4. The Hall–Kier alpha value is -1.16. The number of carbonyl (C=O) groups excluding carboxylic acids is 1. The lowest BCUT2D eigenvalue weighted by molar-refractivity contribution is -0.360. The van der Waals surface area contributed by atoms with Crippen molar-refractivity contribution in [2.45, 2.75) is 99.0 Å². The SMILES string of the molecule is CC(=O)N[C@H]1[C@H](O[C@@H]2[C@@H](OC[C@H]3O[C@@H](O)[C@H](O)[C@@H](O)[C@@H]3O)O[C@H](CO)[C@@H](O)[C@@H]2O)O[C@H](CO)[C@@H](F)[C@@H]1O. The summed E-state index contributed by atoms with van der Waals surface area (Å²) in [5.41, 5.74) is 0. The molecule has 0 unspecified atom stereocenters. The minimum absolute atomic E-state index is 0.636. The van der Waals surface area contributed by atoms with Crippen molar-refractivity contribution in [3.8, 4) is 0 Å². The molecule has 3 saturated heterocycles. The van der Waals surface area contributed by atoms with Crippen LogP contribution in [0.25, 0.3) is 0 Å². The zero-order valence-corrected chi connectivity index (χ0v) is 19.6. The number of ether oxygens (including phenoxy) is 5. The van der Waals surface area contributed by atoms with E-state index in [1.54, 1.807) is 0 Å². The average molecular weight is 547 g/mol. The van der Waals surface area contributed by atoms with E-state index < -0.39 is 118 Å². The van der Waals surface area contributed by atoms with Crippen LogP contribution < -0.4 is 5.32 Å². The Balaban J connectivity index is 1.80. The number of halogens is 1. The Morgan fingerprint density at radius 1 is 0.784 bits per heavy atom. The van der Waals surface area contributed by atoms with Gasteiger partial charge in [0.25, 0.3) is 0 Å². The Morgan fingerprint density at radius 3 is 1.97 bits per heavy atom. The Labute approximate surface area is 209 Å². The van der Waals surface area contributed by atoms with Crippen molar-refractivity contribution in [2.75, 3.05) is 19.8 Å². The van der Waals surface area contributed by atoms with Crippen LogP contribution in [0.3, 0.4) is 0 Å². The van der Waals surface area contributed by atoms with Crippen LogP contribution in [0.4, 0.5) is 4.39 Å². The van der Waals surface area contributed by atoms with Crippen molar-refractivity contribution in [2.24, 2.45) is 0 Å². The Kier molecular flexibility index (Phi) is 10.5. The molecule has 0 bridgehead atoms. The van der Waals surface area contributed by atoms with Gasteiger partial charge in [0, 0.05) is 6.92 Å². The average Bonchev–Trinajstić information content (AvgIpc) is 2.86. The Bertz CT molecular complexity index is 753. The summed E-state index contributed by atoms with van der Waals surface area (Å²) in [5, 5.41) is 91.8. The molecule has 0 radical (unpaired) electrons. The third kappa shape index (κ3) is 6.53. The molecule has 17 heteroatoms. The number of alkyl halides is 1. The van der Waals surface area contributed by atoms with E-state index >= 15 is 0 Å². The lowest BCUT2D eigenvalue weighted by atomic mass is 9.96. The van der Waals surface area contributed by atoms with Crippen LogP contribution in [0, 0.1) is 0 Å². The predicted molar refractivity (Wildman–Crippen MR) is 112 cm³/mol. The molecular weight excluding hydrogens is 513 g/mol. The molecule has 0 aromatic carbocycles. The maximum Gasteiger partial charge on any atom is 0.217 e. The first-order chi connectivity index (χ1) is 17.4. The summed E-state index contributed by atoms with van der Waals surface area (Å²) in [7, 11) is 0. The van der Waals surface area contributed by atoms with Crippen molar-refractivity contribution in [3.05, 3.63) is 0 Å². The smallest absolute Gasteiger partial charge is 0.217 e. The van der Waals surface area contributed by atoms with Crippen LogP contribution in [-0.4, -0.2) is 164 Å². The first-order valence-corrected chi connectivity index (χ1v) is 11.5. The van der Waals surface area contributed by atoms with Gasteiger partial charge in [0.2, 0.25) is 5.91 Å². The molecule has 15 atom stereocenters. The van der Waals surface area contributed by atoms with Gasteiger partial charge >= 0.3 is 0 Å². The van der Waals surface area contributed by atoms with Gasteiger partial charge in [-0.2, -0.15) is 0 Å². The Morgan fingerprint density at radius 2 is 1.38 bits per heavy atom. The fourth-order valence-electron chi connectivity index (χ4n) is 4.31. The zero-order valence-electron chi connectivity index (χ0n) is 19.6. The highest BCUT2D eigenvalue weighted by Gasteiger charge is 2.52. The van der Waals surface area contributed by atoms with Crippen LogP contribution >= 0.6 is 0 Å². The number of rotatable bonds is 8. The molecule has 3 heterocycles. The van der Waals surface area contributed by atoms with Crippen molar-refractivity contribution >= 4 is 5.91 Å². The van der Waals surface area contributed by atoms with Crippen molar-refractivity contribution < 1.29 is 78.8 Å². The first-order valence-electron chi connectivity index (χ1n) is 11.5. The molecule has 16 nitrogen and oxygen atoms in total. The quantitative estimate of drug-likeness (QED) is 0.135. The summed E-state index contributed by atoms with van der Waals surface area (Å²) in [6, 6.07) is -1.54. The summed E-state index contributed by atoms with van der Waals surface area (Å²) in [6.45, 7) is -1.22. The highest BCUT2D eigenvalue weighted by molar-refractivity contribution is 5.73. The van der Waals surface area contributed by atoms with Crippen LogP contribution in [0.5, 0.6) is 0 Å². The third-order valence-electron chi connectivity index (χ3n) is 6.43. The van der Waals surface area contributed by atoms with Gasteiger partial charge in [-0.05, 0) is 0 Å². The van der Waals surface area contributed by atoms with Gasteiger partial charge in [-0.3, -0.25) is 4.79 Å². The lowest BCUT2D eigenvalue weighted by Crippen LogP contribution is -2.67. The van der Waals surface area contributed by atoms with Gasteiger partial charge in [-0.25, -0.2) is 4.39 Å². The molecule has 0 aliphatic carbocycles. The van der Waals surface area contributed by atoms with E-state index in [0.29, 0.717) is 0 Å². The molecule has 0 aromatic rings. The molecule has 216 valence electrons. The van der Waals surface area contributed by atoms with E-state index in [1.165, 1.54) is 0 Å². The number of hydrogen-bond donors (Lipinski definition) is 10. The van der Waals surface area contributed by atoms with Crippen molar-refractivity contribution in [3.63, 3.8) is 0 Å². The summed E-state index contributed by atoms with van der Waals surface area (Å²) in [5.74, 6) is -0.702. The van der Waals surface area contributed by atoms with E-state index in [4.69, 9.17) is 23.7 Å². The molecule has 3 aliphatic heterocycles. The van der Waals surface area contributed by atoms with E-state index in [1.807, 2.05) is 0 Å². The van der Waals surface area contributed by atoms with Crippen molar-refractivity contribution in [1.29, 1.82) is 0 Å². The second-order valence-electron chi connectivity index (χ2n) is 9.06. The third-order valence-corrected chi connectivity index (χ3v) is 6.43. The number of carbonyl (C=O) groups is 1. The second kappa shape index (κ2) is 12.8. The minimum atomic E-state index is -2.12. The predicted octanol–water partition coefficient (Wildman–Crippen LogP) is -6.45. The number of nitrogens with one attached hydrogen (secondary N) is 1. The van der Waals surface area contributed by atoms with Crippen LogP contribution in [0.1, 0.15) is 6.92 Å². The van der Waals surface area contributed by atoms with Gasteiger partial charge in [-0.15, -0.1) is 0 Å². The fraction of sp³-hybridized carbons (Fsp3) is 0.950. The molecule has 3 fully saturated rings. The molecule has 0 saturated carbocycles. The molecule has 3 rings (SSSR count). The number of hydrogen-bond acceptors (Lipinski definition) is 15. The van der Waals surface area contributed by atoms with Gasteiger partial charge in [0.15, 0.2) is 25.0 Å². The lowest BCUT2D eigenvalue weighted by Gasteiger charge is -2.47. The normalized spacial score (nSPS) is 49.0. The summed E-state index contributed by atoms with van der Waals surface area (Å²) in [6.07, 6.45) is -24.3. The maximum absolute atomic E-state index is 14.5. The van der Waals surface area contributed by atoms with Crippen LogP contribution in [-0.2, 0) is 28.5 Å². The number of amides is 1. The second-order valence-corrected chi connectivity index (χ2v) is 9.06. The van der Waals surface area contributed by atoms with Gasteiger partial charge in [0.1, 0.15) is 67.1 Å². The number of aliphatic hydroxyl groups is 9. The van der Waals surface area contributed by atoms with E-state index in [9.17, 15) is 55.1 Å². The topological polar surface area (TPSA) is 257 Å². The standard InChI is InChI=1S/C20H34FNO15/c1-5(25)22-10-13(28)9(21)6(2-23)35-19(10)37-17-15(30)11(26)7(3-24)36-20(17)33-4-8-12(27)14(29)16(31)18(32)34-8/h6-20,23-24,26-32H,2-4H2,1H3,(H,22,25)/t6-,7-,8-,9-,10-,11-,12-,13+,14+,15+,16-,17+,18-,19+,20+/m1/s1. The van der Waals surface area contributed by atoms with Crippen LogP contribution in [0.2, 0.25) is 0 Å². The van der Waals surface area contributed by atoms with E-state index in [2.05, 4.69) is 5.32 Å². The summed E-state index contributed by atoms with van der Waals surface area (Å²) >= 11 is 0. The largest absolute Gasteiger partial charge is 0.394 e. The molecule has 10 N–H and O–H groups in total. The van der Waals surface area contributed by atoms with Crippen LogP contribution in [0.15, 0.2) is 0 Å². The number of aliphatic hydroxyl groups excluding tert-OH is 9. The molecule has 37 heavy (non-hydrogen) atoms. The maximum atomic E-state index is 14.5.